The van der Waals surface area contributed by atoms with E-state index in [4.69, 9.17) is 11.6 Å². The minimum Gasteiger partial charge on any atom is -0.386 e. The van der Waals surface area contributed by atoms with Crippen LogP contribution in [-0.2, 0) is 6.42 Å². The van der Waals surface area contributed by atoms with Crippen molar-refractivity contribution in [1.29, 1.82) is 0 Å². The molecule has 2 aromatic rings. The van der Waals surface area contributed by atoms with E-state index in [9.17, 15) is 5.11 Å². The molecule has 1 unspecified atom stereocenters. The third-order valence-corrected chi connectivity index (χ3v) is 6.44. The van der Waals surface area contributed by atoms with E-state index in [1.54, 1.807) is 6.07 Å². The Morgan fingerprint density at radius 1 is 1.32 bits per heavy atom. The fraction of sp³-hybridized carbons (Fsp3) is 0.588. The molecule has 3 rings (SSSR count). The molecule has 0 aliphatic carbocycles. The molecule has 0 spiro atoms. The van der Waals surface area contributed by atoms with E-state index in [0.29, 0.717) is 10.9 Å². The molecule has 156 valence electrons. The Labute approximate surface area is 196 Å². The van der Waals surface area contributed by atoms with Gasteiger partial charge in [0.2, 0.25) is 5.13 Å². The van der Waals surface area contributed by atoms with Crippen molar-refractivity contribution in [1.82, 2.24) is 19.6 Å². The highest BCUT2D eigenvalue weighted by molar-refractivity contribution is 14.0. The molecule has 1 aliphatic heterocycles. The summed E-state index contributed by atoms with van der Waals surface area (Å²) < 4.78 is 5.06. The van der Waals surface area contributed by atoms with Gasteiger partial charge in [-0.2, -0.15) is 4.37 Å². The van der Waals surface area contributed by atoms with Gasteiger partial charge in [-0.25, -0.2) is 4.98 Å². The number of piperazine rings is 1. The Morgan fingerprint density at radius 3 is 2.64 bits per heavy atom. The number of aliphatic hydroxyl groups is 1. The molecule has 11 heteroatoms. The zero-order chi connectivity index (χ0) is 19.2. The van der Waals surface area contributed by atoms with Crippen molar-refractivity contribution in [2.24, 2.45) is 4.99 Å². The largest absolute Gasteiger partial charge is 0.386 e. The molecule has 0 radical (unpaired) electrons. The Balaban J connectivity index is 0.00000280. The number of aliphatic imine (C=N–C) groups is 1. The second kappa shape index (κ2) is 11.5. The van der Waals surface area contributed by atoms with E-state index >= 15 is 0 Å². The molecular formula is C17H26ClIN6OS2. The predicted molar refractivity (Wildman–Crippen MR) is 129 cm³/mol. The van der Waals surface area contributed by atoms with E-state index < -0.39 is 6.10 Å². The van der Waals surface area contributed by atoms with Crippen LogP contribution in [0.3, 0.4) is 0 Å². The predicted octanol–water partition coefficient (Wildman–Crippen LogP) is 3.25. The second-order valence-corrected chi connectivity index (χ2v) is 8.65. The molecule has 1 atom stereocenters. The van der Waals surface area contributed by atoms with Crippen molar-refractivity contribution >= 4 is 69.5 Å². The number of aromatic nitrogens is 2. The maximum Gasteiger partial charge on any atom is 0.205 e. The lowest BCUT2D eigenvalue weighted by Gasteiger charge is -2.36. The normalized spacial score (nSPS) is 16.1. The highest BCUT2D eigenvalue weighted by Crippen LogP contribution is 2.27. The first-order valence-electron chi connectivity index (χ1n) is 9.14. The van der Waals surface area contributed by atoms with Gasteiger partial charge in [-0.3, -0.25) is 4.99 Å². The van der Waals surface area contributed by atoms with Gasteiger partial charge in [-0.1, -0.05) is 18.5 Å². The quantitative estimate of drug-likeness (QED) is 0.323. The SMILES string of the molecule is CCNC(=NCC(O)c1ccc(Cl)s1)N1CCN(c2nc(CC)ns2)CC1.I. The van der Waals surface area contributed by atoms with Gasteiger partial charge in [0.15, 0.2) is 5.96 Å². The van der Waals surface area contributed by atoms with Crippen molar-refractivity contribution in [2.45, 2.75) is 26.4 Å². The molecule has 7 nitrogen and oxygen atoms in total. The minimum atomic E-state index is -0.633. The smallest absolute Gasteiger partial charge is 0.205 e. The lowest BCUT2D eigenvalue weighted by molar-refractivity contribution is 0.190. The van der Waals surface area contributed by atoms with Crippen molar-refractivity contribution in [3.8, 4) is 0 Å². The van der Waals surface area contributed by atoms with Crippen LogP contribution in [-0.4, -0.2) is 64.6 Å². The Kier molecular flexibility index (Phi) is 9.67. The van der Waals surface area contributed by atoms with Gasteiger partial charge >= 0.3 is 0 Å². The van der Waals surface area contributed by atoms with E-state index in [2.05, 4.69) is 43.3 Å². The fourth-order valence-electron chi connectivity index (χ4n) is 2.82. The minimum absolute atomic E-state index is 0. The summed E-state index contributed by atoms with van der Waals surface area (Å²) in [6.45, 7) is 8.70. The van der Waals surface area contributed by atoms with Gasteiger partial charge in [0.25, 0.3) is 0 Å². The summed E-state index contributed by atoms with van der Waals surface area (Å²) in [5, 5.41) is 14.7. The first kappa shape index (κ1) is 23.6. The molecule has 0 bridgehead atoms. The first-order chi connectivity index (χ1) is 13.1. The van der Waals surface area contributed by atoms with Crippen molar-refractivity contribution in [2.75, 3.05) is 44.2 Å². The average Bonchev–Trinajstić information content (AvgIpc) is 3.34. The molecule has 2 N–H and O–H groups in total. The molecule has 0 amide bonds. The third-order valence-electron chi connectivity index (χ3n) is 4.29. The summed E-state index contributed by atoms with van der Waals surface area (Å²) in [5.74, 6) is 1.75. The second-order valence-electron chi connectivity index (χ2n) is 6.17. The van der Waals surface area contributed by atoms with Crippen LogP contribution in [0.25, 0.3) is 0 Å². The van der Waals surface area contributed by atoms with Crippen LogP contribution in [0.4, 0.5) is 5.13 Å². The number of nitrogens with one attached hydrogen (secondary N) is 1. The fourth-order valence-corrected chi connectivity index (χ4v) is 4.66. The van der Waals surface area contributed by atoms with Gasteiger partial charge < -0.3 is 20.2 Å². The van der Waals surface area contributed by atoms with E-state index in [1.807, 2.05) is 6.07 Å². The van der Waals surface area contributed by atoms with Crippen LogP contribution in [0.15, 0.2) is 17.1 Å². The molecule has 1 saturated heterocycles. The maximum atomic E-state index is 10.3. The van der Waals surface area contributed by atoms with E-state index in [-0.39, 0.29) is 24.0 Å². The summed E-state index contributed by atoms with van der Waals surface area (Å²) in [6.07, 6.45) is 0.233. The summed E-state index contributed by atoms with van der Waals surface area (Å²) >= 11 is 8.82. The first-order valence-corrected chi connectivity index (χ1v) is 11.1. The van der Waals surface area contributed by atoms with Crippen molar-refractivity contribution in [3.05, 3.63) is 27.2 Å². The third kappa shape index (κ3) is 6.15. The number of guanidine groups is 1. The number of nitrogens with zero attached hydrogens (tertiary/aromatic N) is 5. The summed E-state index contributed by atoms with van der Waals surface area (Å²) in [7, 11) is 0. The van der Waals surface area contributed by atoms with Crippen molar-refractivity contribution < 1.29 is 5.11 Å². The number of halogens is 2. The molecule has 0 saturated carbocycles. The summed E-state index contributed by atoms with van der Waals surface area (Å²) in [4.78, 5) is 14.6. The Hall–Kier alpha value is -0.690. The standard InChI is InChI=1S/C17H25ClN6OS2.HI/c1-3-15-21-17(27-22-15)24-9-7-23(8-10-24)16(19-4-2)20-11-12(25)13-5-6-14(18)26-13;/h5-6,12,25H,3-4,7-11H2,1-2H3,(H,19,20);1H. The number of aryl methyl sites for hydroxylation is 1. The molecular weight excluding hydrogens is 531 g/mol. The summed E-state index contributed by atoms with van der Waals surface area (Å²) in [6, 6.07) is 3.65. The van der Waals surface area contributed by atoms with Gasteiger partial charge in [0.05, 0.1) is 10.9 Å². The lowest BCUT2D eigenvalue weighted by atomic mass is 10.3. The molecule has 3 heterocycles. The number of anilines is 1. The summed E-state index contributed by atoms with van der Waals surface area (Å²) in [5.41, 5.74) is 0. The Morgan fingerprint density at radius 2 is 2.07 bits per heavy atom. The molecule has 0 aromatic carbocycles. The van der Waals surface area contributed by atoms with Gasteiger partial charge in [0.1, 0.15) is 11.9 Å². The molecule has 28 heavy (non-hydrogen) atoms. The number of hydrogen-bond donors (Lipinski definition) is 2. The van der Waals surface area contributed by atoms with E-state index in [0.717, 1.165) is 60.9 Å². The highest BCUT2D eigenvalue weighted by Gasteiger charge is 2.22. The van der Waals surface area contributed by atoms with E-state index in [1.165, 1.54) is 22.9 Å². The maximum absolute atomic E-state index is 10.3. The van der Waals surface area contributed by atoms with Gasteiger partial charge in [-0.05, 0) is 19.1 Å². The number of thiophene rings is 1. The molecule has 1 fully saturated rings. The van der Waals surface area contributed by atoms with Crippen LogP contribution >= 0.6 is 58.4 Å². The highest BCUT2D eigenvalue weighted by atomic mass is 127. The number of hydrogen-bond acceptors (Lipinski definition) is 7. The number of aliphatic hydroxyl groups excluding tert-OH is 1. The van der Waals surface area contributed by atoms with Crippen LogP contribution in [0.1, 0.15) is 30.7 Å². The average molecular weight is 557 g/mol. The van der Waals surface area contributed by atoms with Crippen LogP contribution in [0, 0.1) is 0 Å². The Bertz CT molecular complexity index is 762. The zero-order valence-corrected chi connectivity index (χ0v) is 20.7. The number of rotatable bonds is 6. The van der Waals surface area contributed by atoms with Gasteiger partial charge in [0, 0.05) is 55.6 Å². The zero-order valence-electron chi connectivity index (χ0n) is 16.0. The van der Waals surface area contributed by atoms with Crippen molar-refractivity contribution in [3.63, 3.8) is 0 Å². The van der Waals surface area contributed by atoms with Gasteiger partial charge in [-0.15, -0.1) is 35.3 Å². The van der Waals surface area contributed by atoms with Crippen LogP contribution in [0.5, 0.6) is 0 Å². The lowest BCUT2D eigenvalue weighted by Crippen LogP contribution is -2.52. The molecule has 1 aliphatic rings. The van der Waals surface area contributed by atoms with Crippen LogP contribution < -0.4 is 10.2 Å². The molecule has 2 aromatic heterocycles. The van der Waals surface area contributed by atoms with Crippen LogP contribution in [0.2, 0.25) is 4.34 Å². The monoisotopic (exact) mass is 556 g/mol. The topological polar surface area (TPSA) is 76.9 Å².